The molecule has 1 rings (SSSR count). The van der Waals surface area contributed by atoms with Crippen molar-refractivity contribution < 1.29 is 10.0 Å². The molecule has 0 bridgehead atoms. The lowest BCUT2D eigenvalue weighted by atomic mass is 10.0. The third-order valence-corrected chi connectivity index (χ3v) is 2.29. The summed E-state index contributed by atoms with van der Waals surface area (Å²) in [5.41, 5.74) is 6.12. The summed E-state index contributed by atoms with van der Waals surface area (Å²) in [6.07, 6.45) is 2.94. The van der Waals surface area contributed by atoms with E-state index in [1.807, 2.05) is 0 Å². The highest BCUT2D eigenvalue weighted by molar-refractivity contribution is 5.85. The predicted octanol–water partition coefficient (Wildman–Crippen LogP) is 2.69. The molecule has 0 unspecified atom stereocenters. The van der Waals surface area contributed by atoms with E-state index in [1.165, 1.54) is 18.2 Å². The normalized spacial score (nSPS) is 11.4. The molecule has 0 saturated heterocycles. The number of nitro benzene ring substituents is 1. The number of phenolic OH excluding ortho intramolecular Hbond substituents is 1. The maximum Gasteiger partial charge on any atom is 0.274 e. The Balaban J connectivity index is 0.00000256. The molecule has 0 aliphatic rings. The van der Waals surface area contributed by atoms with Gasteiger partial charge in [0.05, 0.1) is 10.5 Å². The van der Waals surface area contributed by atoms with Crippen molar-refractivity contribution in [2.75, 3.05) is 0 Å². The molecule has 0 spiro atoms. The number of rotatable bonds is 5. The van der Waals surface area contributed by atoms with Crippen molar-refractivity contribution in [2.45, 2.75) is 18.9 Å². The van der Waals surface area contributed by atoms with Gasteiger partial charge < -0.3 is 10.8 Å². The molecule has 0 fully saturated rings. The molecule has 0 saturated carbocycles. The van der Waals surface area contributed by atoms with Crippen LogP contribution >= 0.6 is 12.4 Å². The fourth-order valence-electron chi connectivity index (χ4n) is 1.46. The fourth-order valence-corrected chi connectivity index (χ4v) is 1.46. The van der Waals surface area contributed by atoms with Gasteiger partial charge in [-0.2, -0.15) is 0 Å². The summed E-state index contributed by atoms with van der Waals surface area (Å²) in [5, 5.41) is 20.1. The van der Waals surface area contributed by atoms with E-state index in [1.54, 1.807) is 6.08 Å². The summed E-state index contributed by atoms with van der Waals surface area (Å²) < 4.78 is 0. The molecule has 1 aromatic carbocycles. The van der Waals surface area contributed by atoms with E-state index in [0.717, 1.165) is 0 Å². The Morgan fingerprint density at radius 2 is 2.24 bits per heavy atom. The van der Waals surface area contributed by atoms with E-state index in [-0.39, 0.29) is 23.8 Å². The molecule has 6 heteroatoms. The highest BCUT2D eigenvalue weighted by Crippen LogP contribution is 2.29. The largest absolute Gasteiger partial charge is 0.508 e. The zero-order chi connectivity index (χ0) is 12.1. The topological polar surface area (TPSA) is 89.4 Å². The van der Waals surface area contributed by atoms with Gasteiger partial charge in [0.25, 0.3) is 5.69 Å². The Hall–Kier alpha value is -1.59. The molecule has 3 N–H and O–H groups in total. The zero-order valence-electron chi connectivity index (χ0n) is 9.20. The zero-order valence-corrected chi connectivity index (χ0v) is 10.0. The quantitative estimate of drug-likeness (QED) is 0.483. The Kier molecular flexibility index (Phi) is 6.23. The van der Waals surface area contributed by atoms with Crippen molar-refractivity contribution in [3.05, 3.63) is 46.5 Å². The number of aromatic hydroxyl groups is 1. The van der Waals surface area contributed by atoms with Crippen molar-refractivity contribution in [3.8, 4) is 5.75 Å². The van der Waals surface area contributed by atoms with E-state index in [0.29, 0.717) is 18.4 Å². The summed E-state index contributed by atoms with van der Waals surface area (Å²) >= 11 is 0. The molecule has 94 valence electrons. The number of nitro groups is 1. The predicted molar refractivity (Wildman–Crippen MR) is 68.4 cm³/mol. The van der Waals surface area contributed by atoms with Crippen molar-refractivity contribution in [3.63, 3.8) is 0 Å². The third kappa shape index (κ3) is 4.05. The Bertz CT molecular complexity index is 410. The van der Waals surface area contributed by atoms with Gasteiger partial charge in [0, 0.05) is 12.1 Å². The number of allylic oxidation sites excluding steroid dienone is 1. The van der Waals surface area contributed by atoms with E-state index in [2.05, 4.69) is 6.58 Å². The lowest BCUT2D eigenvalue weighted by Crippen LogP contribution is -2.12. The number of halogens is 1. The van der Waals surface area contributed by atoms with Gasteiger partial charge in [-0.25, -0.2) is 0 Å². The van der Waals surface area contributed by atoms with Gasteiger partial charge in [-0.3, -0.25) is 10.1 Å². The summed E-state index contributed by atoms with van der Waals surface area (Å²) in [4.78, 5) is 10.3. The Morgan fingerprint density at radius 3 is 2.76 bits per heavy atom. The molecule has 0 amide bonds. The Labute approximate surface area is 106 Å². The number of hydrogen-bond donors (Lipinski definition) is 2. The van der Waals surface area contributed by atoms with Gasteiger partial charge >= 0.3 is 0 Å². The summed E-state index contributed by atoms with van der Waals surface area (Å²) in [5.74, 6) is -0.0188. The highest BCUT2D eigenvalue weighted by Gasteiger charge is 2.19. The molecule has 0 aliphatic carbocycles. The van der Waals surface area contributed by atoms with Crippen molar-refractivity contribution in [1.82, 2.24) is 0 Å². The number of nitrogens with zero attached hydrogens (tertiary/aromatic N) is 1. The average Bonchev–Trinajstić information content (AvgIpc) is 2.25. The van der Waals surface area contributed by atoms with Crippen LogP contribution in [0.4, 0.5) is 5.69 Å². The van der Waals surface area contributed by atoms with Crippen LogP contribution < -0.4 is 5.73 Å². The average molecular weight is 259 g/mol. The van der Waals surface area contributed by atoms with Gasteiger partial charge in [0.1, 0.15) is 5.75 Å². The molecule has 0 aromatic heterocycles. The molecule has 0 aliphatic heterocycles. The molecule has 1 atom stereocenters. The third-order valence-electron chi connectivity index (χ3n) is 2.29. The first kappa shape index (κ1) is 15.4. The summed E-state index contributed by atoms with van der Waals surface area (Å²) in [6, 6.07) is 3.41. The lowest BCUT2D eigenvalue weighted by Gasteiger charge is -2.11. The van der Waals surface area contributed by atoms with Crippen LogP contribution in [0.25, 0.3) is 0 Å². The standard InChI is InChI=1S/C11H14N2O3.ClH/c1-2-3-4-10(12)9-7-8(14)5-6-11(9)13(15)16;/h2,5-7,10,14H,1,3-4,12H2;1H/t10-;/m1./s1. The number of nitrogens with two attached hydrogens (primary N) is 1. The molecule has 5 nitrogen and oxygen atoms in total. The molecular formula is C11H15ClN2O3. The minimum Gasteiger partial charge on any atom is -0.508 e. The van der Waals surface area contributed by atoms with Crippen LogP contribution in [0.1, 0.15) is 24.4 Å². The van der Waals surface area contributed by atoms with Crippen LogP contribution in [0.3, 0.4) is 0 Å². The van der Waals surface area contributed by atoms with Crippen molar-refractivity contribution >= 4 is 18.1 Å². The number of phenols is 1. The molecule has 0 heterocycles. The monoisotopic (exact) mass is 258 g/mol. The van der Waals surface area contributed by atoms with E-state index in [4.69, 9.17) is 5.73 Å². The van der Waals surface area contributed by atoms with Crippen LogP contribution in [0.2, 0.25) is 0 Å². The maximum absolute atomic E-state index is 10.8. The minimum atomic E-state index is -0.497. The second-order valence-corrected chi connectivity index (χ2v) is 3.47. The second kappa shape index (κ2) is 6.88. The van der Waals surface area contributed by atoms with E-state index in [9.17, 15) is 15.2 Å². The minimum absolute atomic E-state index is 0. The van der Waals surface area contributed by atoms with Gasteiger partial charge in [-0.15, -0.1) is 19.0 Å². The summed E-state index contributed by atoms with van der Waals surface area (Å²) in [7, 11) is 0. The van der Waals surface area contributed by atoms with Gasteiger partial charge in [0.2, 0.25) is 0 Å². The first-order chi connectivity index (χ1) is 7.56. The first-order valence-corrected chi connectivity index (χ1v) is 4.90. The van der Waals surface area contributed by atoms with Crippen LogP contribution in [0, 0.1) is 10.1 Å². The Morgan fingerprint density at radius 1 is 1.59 bits per heavy atom. The fraction of sp³-hybridized carbons (Fsp3) is 0.273. The van der Waals surface area contributed by atoms with Gasteiger partial charge in [-0.05, 0) is 25.0 Å². The maximum atomic E-state index is 10.8. The molecule has 17 heavy (non-hydrogen) atoms. The molecule has 1 aromatic rings. The highest BCUT2D eigenvalue weighted by atomic mass is 35.5. The van der Waals surface area contributed by atoms with Crippen molar-refractivity contribution in [1.29, 1.82) is 0 Å². The lowest BCUT2D eigenvalue weighted by molar-refractivity contribution is -0.385. The van der Waals surface area contributed by atoms with E-state index < -0.39 is 11.0 Å². The van der Waals surface area contributed by atoms with Gasteiger partial charge in [-0.1, -0.05) is 6.08 Å². The summed E-state index contributed by atoms with van der Waals surface area (Å²) in [6.45, 7) is 3.56. The second-order valence-electron chi connectivity index (χ2n) is 3.47. The number of benzene rings is 1. The van der Waals surface area contributed by atoms with Crippen LogP contribution in [-0.2, 0) is 0 Å². The van der Waals surface area contributed by atoms with Crippen LogP contribution in [0.15, 0.2) is 30.9 Å². The first-order valence-electron chi connectivity index (χ1n) is 4.90. The number of hydrogen-bond acceptors (Lipinski definition) is 4. The van der Waals surface area contributed by atoms with Crippen LogP contribution in [-0.4, -0.2) is 10.0 Å². The van der Waals surface area contributed by atoms with Crippen LogP contribution in [0.5, 0.6) is 5.75 Å². The SMILES string of the molecule is C=CCC[C@@H](N)c1cc(O)ccc1[N+](=O)[O-].Cl. The van der Waals surface area contributed by atoms with Crippen molar-refractivity contribution in [2.24, 2.45) is 5.73 Å². The smallest absolute Gasteiger partial charge is 0.274 e. The molecular weight excluding hydrogens is 244 g/mol. The molecule has 0 radical (unpaired) electrons. The van der Waals surface area contributed by atoms with E-state index >= 15 is 0 Å². The van der Waals surface area contributed by atoms with Gasteiger partial charge in [0.15, 0.2) is 0 Å².